The van der Waals surface area contributed by atoms with E-state index in [0.29, 0.717) is 16.3 Å². The van der Waals surface area contributed by atoms with Gasteiger partial charge in [0.2, 0.25) is 0 Å². The molecule has 0 saturated carbocycles. The van der Waals surface area contributed by atoms with Crippen molar-refractivity contribution in [1.29, 1.82) is 0 Å². The Kier molecular flexibility index (Phi) is 4.48. The van der Waals surface area contributed by atoms with Gasteiger partial charge in [-0.2, -0.15) is 0 Å². The van der Waals surface area contributed by atoms with Crippen molar-refractivity contribution >= 4 is 17.4 Å². The van der Waals surface area contributed by atoms with Crippen molar-refractivity contribution in [2.45, 2.75) is 38.6 Å². The van der Waals surface area contributed by atoms with Gasteiger partial charge in [-0.05, 0) is 43.0 Å². The first-order chi connectivity index (χ1) is 9.04. The summed E-state index contributed by atoms with van der Waals surface area (Å²) in [5.41, 5.74) is 1.58. The Hall–Kier alpha value is -1.06. The second kappa shape index (κ2) is 5.93. The minimum Gasteiger partial charge on any atom is -0.496 e. The highest BCUT2D eigenvalue weighted by Crippen LogP contribution is 2.34. The third-order valence-corrected chi connectivity index (χ3v) is 3.77. The topological polar surface area (TPSA) is 38.3 Å². The van der Waals surface area contributed by atoms with E-state index in [2.05, 4.69) is 19.2 Å². The largest absolute Gasteiger partial charge is 0.496 e. The van der Waals surface area contributed by atoms with Crippen molar-refractivity contribution in [1.82, 2.24) is 5.32 Å². The summed E-state index contributed by atoms with van der Waals surface area (Å²) in [4.78, 5) is 12.6. The van der Waals surface area contributed by atoms with Gasteiger partial charge in [-0.1, -0.05) is 25.4 Å². The van der Waals surface area contributed by atoms with Crippen molar-refractivity contribution in [3.63, 3.8) is 0 Å². The average molecular weight is 282 g/mol. The van der Waals surface area contributed by atoms with Gasteiger partial charge >= 0.3 is 0 Å². The summed E-state index contributed by atoms with van der Waals surface area (Å²) in [5.74, 6) is 1.01. The molecular weight excluding hydrogens is 262 g/mol. The molecular formula is C15H20ClNO2. The molecule has 0 amide bonds. The number of benzene rings is 1. The van der Waals surface area contributed by atoms with Gasteiger partial charge in [0.15, 0.2) is 5.78 Å². The lowest BCUT2D eigenvalue weighted by molar-refractivity contribution is 0.0949. The minimum atomic E-state index is -0.104. The molecule has 104 valence electrons. The number of hydrogen-bond acceptors (Lipinski definition) is 3. The Morgan fingerprint density at radius 3 is 2.74 bits per heavy atom. The molecule has 1 N–H and O–H groups in total. The van der Waals surface area contributed by atoms with Gasteiger partial charge in [0.25, 0.3) is 0 Å². The van der Waals surface area contributed by atoms with Crippen molar-refractivity contribution in [2.75, 3.05) is 13.7 Å². The smallest absolute Gasteiger partial charge is 0.183 e. The van der Waals surface area contributed by atoms with Crippen molar-refractivity contribution in [3.8, 4) is 5.75 Å². The van der Waals surface area contributed by atoms with Crippen LogP contribution in [0.1, 0.15) is 48.5 Å². The van der Waals surface area contributed by atoms with Gasteiger partial charge in [0.05, 0.1) is 18.7 Å². The van der Waals surface area contributed by atoms with E-state index in [9.17, 15) is 4.79 Å². The van der Waals surface area contributed by atoms with Gasteiger partial charge in [-0.3, -0.25) is 4.79 Å². The molecule has 19 heavy (non-hydrogen) atoms. The van der Waals surface area contributed by atoms with Crippen LogP contribution < -0.4 is 10.1 Å². The van der Waals surface area contributed by atoms with Crippen molar-refractivity contribution in [2.24, 2.45) is 0 Å². The summed E-state index contributed by atoms with van der Waals surface area (Å²) in [6.07, 6.45) is 1.92. The zero-order valence-corrected chi connectivity index (χ0v) is 12.4. The van der Waals surface area contributed by atoms with E-state index in [1.807, 2.05) is 6.07 Å². The van der Waals surface area contributed by atoms with E-state index < -0.39 is 0 Å². The molecule has 2 rings (SSSR count). The molecule has 1 saturated heterocycles. The van der Waals surface area contributed by atoms with Gasteiger partial charge in [-0.25, -0.2) is 0 Å². The number of hydrogen-bond donors (Lipinski definition) is 1. The summed E-state index contributed by atoms with van der Waals surface area (Å²) in [6, 6.07) is 3.49. The SMILES string of the molecule is COc1c(C(=O)C2CCCN2)cc(Cl)cc1C(C)C. The first kappa shape index (κ1) is 14.4. The predicted octanol–water partition coefficient (Wildman–Crippen LogP) is 3.41. The van der Waals surface area contributed by atoms with E-state index in [-0.39, 0.29) is 17.7 Å². The number of rotatable bonds is 4. The molecule has 0 aromatic heterocycles. The first-order valence-corrected chi connectivity index (χ1v) is 7.07. The summed E-state index contributed by atoms with van der Waals surface area (Å²) >= 11 is 6.15. The fourth-order valence-corrected chi connectivity index (χ4v) is 2.78. The monoisotopic (exact) mass is 281 g/mol. The highest BCUT2D eigenvalue weighted by atomic mass is 35.5. The Labute approximate surface area is 119 Å². The lowest BCUT2D eigenvalue weighted by Crippen LogP contribution is -2.31. The number of methoxy groups -OCH3 is 1. The molecule has 1 aromatic carbocycles. The Morgan fingerprint density at radius 1 is 1.47 bits per heavy atom. The van der Waals surface area contributed by atoms with Crippen LogP contribution in [0, 0.1) is 0 Å². The molecule has 0 spiro atoms. The lowest BCUT2D eigenvalue weighted by Gasteiger charge is -2.18. The second-order valence-electron chi connectivity index (χ2n) is 5.24. The molecule has 0 aliphatic carbocycles. The number of ether oxygens (including phenoxy) is 1. The van der Waals surface area contributed by atoms with Gasteiger partial charge in [-0.15, -0.1) is 0 Å². The molecule has 0 radical (unpaired) electrons. The number of ketones is 1. The second-order valence-corrected chi connectivity index (χ2v) is 5.68. The van der Waals surface area contributed by atoms with Crippen LogP contribution in [0.2, 0.25) is 5.02 Å². The molecule has 1 aliphatic heterocycles. The van der Waals surface area contributed by atoms with Crippen molar-refractivity contribution < 1.29 is 9.53 Å². The Balaban J connectivity index is 2.45. The number of halogens is 1. The fraction of sp³-hybridized carbons (Fsp3) is 0.533. The molecule has 1 heterocycles. The summed E-state index contributed by atoms with van der Waals surface area (Å²) in [6.45, 7) is 5.03. The molecule has 1 fully saturated rings. The maximum Gasteiger partial charge on any atom is 0.183 e. The zero-order valence-electron chi connectivity index (χ0n) is 11.6. The van der Waals surface area contributed by atoms with Gasteiger partial charge < -0.3 is 10.1 Å². The van der Waals surface area contributed by atoms with Crippen LogP contribution >= 0.6 is 11.6 Å². The molecule has 0 bridgehead atoms. The van der Waals surface area contributed by atoms with Crippen LogP contribution in [-0.4, -0.2) is 25.5 Å². The van der Waals surface area contributed by atoms with E-state index in [0.717, 1.165) is 24.9 Å². The van der Waals surface area contributed by atoms with E-state index in [4.69, 9.17) is 16.3 Å². The zero-order chi connectivity index (χ0) is 14.0. The van der Waals surface area contributed by atoms with Gasteiger partial charge in [0.1, 0.15) is 5.75 Å². The van der Waals surface area contributed by atoms with Crippen molar-refractivity contribution in [3.05, 3.63) is 28.3 Å². The Morgan fingerprint density at radius 2 is 2.21 bits per heavy atom. The van der Waals surface area contributed by atoms with Gasteiger partial charge in [0, 0.05) is 5.02 Å². The van der Waals surface area contributed by atoms with E-state index >= 15 is 0 Å². The number of Topliss-reactive ketones (excluding diaryl/α,β-unsaturated/α-hetero) is 1. The lowest BCUT2D eigenvalue weighted by atomic mass is 9.94. The molecule has 1 unspecified atom stereocenters. The van der Waals surface area contributed by atoms with Crippen LogP contribution in [0.25, 0.3) is 0 Å². The van der Waals surface area contributed by atoms with Crippen LogP contribution in [0.15, 0.2) is 12.1 Å². The maximum atomic E-state index is 12.6. The summed E-state index contributed by atoms with van der Waals surface area (Å²) < 4.78 is 5.47. The number of carbonyl (C=O) groups is 1. The highest BCUT2D eigenvalue weighted by molar-refractivity contribution is 6.31. The first-order valence-electron chi connectivity index (χ1n) is 6.69. The van der Waals surface area contributed by atoms with Crippen LogP contribution in [0.4, 0.5) is 0 Å². The quantitative estimate of drug-likeness (QED) is 0.860. The molecule has 3 nitrogen and oxygen atoms in total. The van der Waals surface area contributed by atoms with E-state index in [1.165, 1.54) is 0 Å². The number of nitrogens with one attached hydrogen (secondary N) is 1. The molecule has 1 aromatic rings. The van der Waals surface area contributed by atoms with Crippen LogP contribution in [0.3, 0.4) is 0 Å². The normalized spacial score (nSPS) is 18.9. The van der Waals surface area contributed by atoms with Crippen LogP contribution in [-0.2, 0) is 0 Å². The maximum absolute atomic E-state index is 12.6. The Bertz CT molecular complexity index is 479. The number of carbonyl (C=O) groups excluding carboxylic acids is 1. The molecule has 1 atom stereocenters. The molecule has 4 heteroatoms. The highest BCUT2D eigenvalue weighted by Gasteiger charge is 2.27. The summed E-state index contributed by atoms with van der Waals surface area (Å²) in [7, 11) is 1.61. The molecule has 1 aliphatic rings. The fourth-order valence-electron chi connectivity index (χ4n) is 2.55. The third-order valence-electron chi connectivity index (χ3n) is 3.55. The van der Waals surface area contributed by atoms with E-state index in [1.54, 1.807) is 13.2 Å². The third kappa shape index (κ3) is 2.93. The standard InChI is InChI=1S/C15H20ClNO2/c1-9(2)11-7-10(16)8-12(15(11)19-3)14(18)13-5-4-6-17-13/h7-9,13,17H,4-6H2,1-3H3. The predicted molar refractivity (Wildman–Crippen MR) is 77.4 cm³/mol. The summed E-state index contributed by atoms with van der Waals surface area (Å²) in [5, 5.41) is 3.81. The van der Waals surface area contributed by atoms with Crippen LogP contribution in [0.5, 0.6) is 5.75 Å². The minimum absolute atomic E-state index is 0.0822. The average Bonchev–Trinajstić information content (AvgIpc) is 2.90.